The molecule has 0 unspecified atom stereocenters. The van der Waals surface area contributed by atoms with Gasteiger partial charge in [-0.25, -0.2) is 4.39 Å². The summed E-state index contributed by atoms with van der Waals surface area (Å²) in [7, 11) is 4.06. The lowest BCUT2D eigenvalue weighted by molar-refractivity contribution is 0.280. The Balaban J connectivity index is 1.90. The molecule has 1 aliphatic heterocycles. The van der Waals surface area contributed by atoms with Gasteiger partial charge in [0.05, 0.1) is 12.3 Å². The van der Waals surface area contributed by atoms with Crippen molar-refractivity contribution in [2.75, 3.05) is 58.3 Å². The van der Waals surface area contributed by atoms with E-state index in [1.54, 1.807) is 0 Å². The number of hydrogen-bond acceptors (Lipinski definition) is 4. The van der Waals surface area contributed by atoms with Crippen molar-refractivity contribution in [3.63, 3.8) is 0 Å². The highest BCUT2D eigenvalue weighted by atomic mass is 19.1. The number of anilines is 1. The summed E-state index contributed by atoms with van der Waals surface area (Å²) in [5.74, 6) is 0.421. The highest BCUT2D eigenvalue weighted by Crippen LogP contribution is 2.24. The minimum absolute atomic E-state index is 0.193. The molecule has 1 aliphatic rings. The molecule has 0 spiro atoms. The van der Waals surface area contributed by atoms with Crippen LogP contribution in [0.3, 0.4) is 0 Å². The van der Waals surface area contributed by atoms with Crippen molar-refractivity contribution >= 4 is 5.69 Å². The summed E-state index contributed by atoms with van der Waals surface area (Å²) in [4.78, 5) is 4.21. The molecule has 0 aliphatic carbocycles. The highest BCUT2D eigenvalue weighted by molar-refractivity contribution is 5.50. The summed E-state index contributed by atoms with van der Waals surface area (Å²) < 4.78 is 19.9. The van der Waals surface area contributed by atoms with Gasteiger partial charge in [-0.05, 0) is 45.6 Å². The van der Waals surface area contributed by atoms with Crippen LogP contribution in [0.25, 0.3) is 0 Å². The first-order valence-electron chi connectivity index (χ1n) is 7.69. The first kappa shape index (κ1) is 16.0. The smallest absolute Gasteiger partial charge is 0.150 e. The minimum atomic E-state index is -0.193. The van der Waals surface area contributed by atoms with Crippen molar-refractivity contribution < 1.29 is 9.13 Å². The molecule has 1 saturated heterocycles. The van der Waals surface area contributed by atoms with Crippen LogP contribution in [0.2, 0.25) is 0 Å². The van der Waals surface area contributed by atoms with Gasteiger partial charge in [-0.1, -0.05) is 0 Å². The molecule has 0 amide bonds. The van der Waals surface area contributed by atoms with Crippen LogP contribution >= 0.6 is 0 Å². The molecule has 1 aromatic rings. The van der Waals surface area contributed by atoms with Crippen LogP contribution in [-0.4, -0.2) is 58.3 Å². The van der Waals surface area contributed by atoms with Crippen LogP contribution in [0, 0.1) is 5.82 Å². The molecule has 1 aromatic carbocycles. The molecular formula is C16H26FN3O. The zero-order chi connectivity index (χ0) is 15.1. The standard InChI is InChI=1S/C16H26FN3O/c1-19(2)9-4-12-21-14-5-6-16(15(17)13-14)20-10-3-7-18-8-11-20/h5-6,13,18H,3-4,7-12H2,1-2H3. The Kier molecular flexibility index (Phi) is 6.26. The normalized spacial score (nSPS) is 16.1. The molecule has 4 nitrogen and oxygen atoms in total. The highest BCUT2D eigenvalue weighted by Gasteiger charge is 2.14. The van der Waals surface area contributed by atoms with Gasteiger partial charge in [0.1, 0.15) is 11.6 Å². The van der Waals surface area contributed by atoms with Crippen molar-refractivity contribution in [1.29, 1.82) is 0 Å². The summed E-state index contributed by atoms with van der Waals surface area (Å²) in [6.07, 6.45) is 1.98. The zero-order valence-corrected chi connectivity index (χ0v) is 13.1. The molecule has 2 rings (SSSR count). The number of nitrogens with zero attached hydrogens (tertiary/aromatic N) is 2. The molecule has 1 fully saturated rings. The Morgan fingerprint density at radius 3 is 2.90 bits per heavy atom. The topological polar surface area (TPSA) is 27.7 Å². The lowest BCUT2D eigenvalue weighted by atomic mass is 10.2. The van der Waals surface area contributed by atoms with Gasteiger partial charge in [0, 0.05) is 32.2 Å². The third-order valence-electron chi connectivity index (χ3n) is 3.62. The molecule has 0 aromatic heterocycles. The molecule has 118 valence electrons. The Morgan fingerprint density at radius 1 is 1.29 bits per heavy atom. The van der Waals surface area contributed by atoms with Gasteiger partial charge in [-0.15, -0.1) is 0 Å². The number of nitrogens with one attached hydrogen (secondary N) is 1. The maximum Gasteiger partial charge on any atom is 0.150 e. The maximum atomic E-state index is 14.3. The molecular weight excluding hydrogens is 269 g/mol. The third-order valence-corrected chi connectivity index (χ3v) is 3.62. The molecule has 0 radical (unpaired) electrons. The molecule has 0 atom stereocenters. The van der Waals surface area contributed by atoms with Gasteiger partial charge in [0.25, 0.3) is 0 Å². The second-order valence-corrected chi connectivity index (χ2v) is 5.71. The Labute approximate surface area is 126 Å². The second-order valence-electron chi connectivity index (χ2n) is 5.71. The SMILES string of the molecule is CN(C)CCCOc1ccc(N2CCCNCC2)c(F)c1. The lowest BCUT2D eigenvalue weighted by Gasteiger charge is -2.23. The van der Waals surface area contributed by atoms with Gasteiger partial charge in [0.2, 0.25) is 0 Å². The number of rotatable bonds is 6. The van der Waals surface area contributed by atoms with E-state index in [1.807, 2.05) is 26.2 Å². The first-order chi connectivity index (χ1) is 10.2. The van der Waals surface area contributed by atoms with Crippen molar-refractivity contribution in [2.24, 2.45) is 0 Å². The fourth-order valence-corrected chi connectivity index (χ4v) is 2.49. The van der Waals surface area contributed by atoms with E-state index in [-0.39, 0.29) is 5.82 Å². The van der Waals surface area contributed by atoms with E-state index >= 15 is 0 Å². The minimum Gasteiger partial charge on any atom is -0.493 e. The summed E-state index contributed by atoms with van der Waals surface area (Å²) in [5, 5.41) is 3.33. The lowest BCUT2D eigenvalue weighted by Crippen LogP contribution is -2.28. The van der Waals surface area contributed by atoms with Gasteiger partial charge >= 0.3 is 0 Å². The van der Waals surface area contributed by atoms with E-state index in [4.69, 9.17) is 4.74 Å². The van der Waals surface area contributed by atoms with Gasteiger partial charge in [-0.2, -0.15) is 0 Å². The van der Waals surface area contributed by atoms with Gasteiger partial charge in [0.15, 0.2) is 0 Å². The van der Waals surface area contributed by atoms with Crippen LogP contribution in [0.1, 0.15) is 12.8 Å². The van der Waals surface area contributed by atoms with Gasteiger partial charge < -0.3 is 19.9 Å². The van der Waals surface area contributed by atoms with E-state index in [0.717, 1.165) is 45.6 Å². The van der Waals surface area contributed by atoms with E-state index in [0.29, 0.717) is 18.0 Å². The Hall–Kier alpha value is -1.33. The van der Waals surface area contributed by atoms with Crippen LogP contribution in [0.4, 0.5) is 10.1 Å². The number of ether oxygens (including phenoxy) is 1. The second kappa shape index (κ2) is 8.20. The fraction of sp³-hybridized carbons (Fsp3) is 0.625. The van der Waals surface area contributed by atoms with Crippen molar-refractivity contribution in [2.45, 2.75) is 12.8 Å². The summed E-state index contributed by atoms with van der Waals surface area (Å²) in [6.45, 7) is 5.24. The van der Waals surface area contributed by atoms with E-state index in [1.165, 1.54) is 6.07 Å². The molecule has 21 heavy (non-hydrogen) atoms. The fourth-order valence-electron chi connectivity index (χ4n) is 2.49. The number of halogens is 1. The Morgan fingerprint density at radius 2 is 2.14 bits per heavy atom. The van der Waals surface area contributed by atoms with Crippen molar-refractivity contribution in [3.8, 4) is 5.75 Å². The average molecular weight is 295 g/mol. The number of benzene rings is 1. The van der Waals surface area contributed by atoms with Crippen LogP contribution in [-0.2, 0) is 0 Å². The molecule has 1 heterocycles. The molecule has 0 saturated carbocycles. The molecule has 0 bridgehead atoms. The predicted molar refractivity (Wildman–Crippen MR) is 84.8 cm³/mol. The number of hydrogen-bond donors (Lipinski definition) is 1. The third kappa shape index (κ3) is 5.17. The largest absolute Gasteiger partial charge is 0.493 e. The van der Waals surface area contributed by atoms with Crippen molar-refractivity contribution in [1.82, 2.24) is 10.2 Å². The quantitative estimate of drug-likeness (QED) is 0.812. The zero-order valence-electron chi connectivity index (χ0n) is 13.1. The maximum absolute atomic E-state index is 14.3. The van der Waals surface area contributed by atoms with E-state index in [2.05, 4.69) is 15.1 Å². The van der Waals surface area contributed by atoms with Crippen LogP contribution in [0.15, 0.2) is 18.2 Å². The summed E-state index contributed by atoms with van der Waals surface area (Å²) >= 11 is 0. The molecule has 5 heteroatoms. The van der Waals surface area contributed by atoms with Crippen LogP contribution < -0.4 is 15.0 Å². The van der Waals surface area contributed by atoms with Crippen molar-refractivity contribution in [3.05, 3.63) is 24.0 Å². The van der Waals surface area contributed by atoms with Gasteiger partial charge in [-0.3, -0.25) is 0 Å². The molecule has 1 N–H and O–H groups in total. The van der Waals surface area contributed by atoms with Crippen LogP contribution in [0.5, 0.6) is 5.75 Å². The average Bonchev–Trinajstić information content (AvgIpc) is 2.72. The summed E-state index contributed by atoms with van der Waals surface area (Å²) in [5.41, 5.74) is 0.680. The summed E-state index contributed by atoms with van der Waals surface area (Å²) in [6, 6.07) is 5.21. The Bertz CT molecular complexity index is 432. The monoisotopic (exact) mass is 295 g/mol. The first-order valence-corrected chi connectivity index (χ1v) is 7.69. The predicted octanol–water partition coefficient (Wildman–Crippen LogP) is 1.96. The van der Waals surface area contributed by atoms with E-state index in [9.17, 15) is 4.39 Å². The van der Waals surface area contributed by atoms with E-state index < -0.39 is 0 Å².